The Kier molecular flexibility index (Phi) is 20.1. The Balaban J connectivity index is 0. The first-order valence-electron chi connectivity index (χ1n) is 6.17. The molecule has 0 bridgehead atoms. The van der Waals surface area contributed by atoms with Gasteiger partial charge in [-0.3, -0.25) is 6.08 Å². The first-order valence-corrected chi connectivity index (χ1v) is 6.17. The molecule has 0 saturated heterocycles. The summed E-state index contributed by atoms with van der Waals surface area (Å²) in [6.45, 7) is 4.00. The molecule has 0 spiro atoms. The molecule has 0 aromatic carbocycles. The third-order valence-corrected chi connectivity index (χ3v) is 1.92. The summed E-state index contributed by atoms with van der Waals surface area (Å²) in [5.41, 5.74) is 0. The summed E-state index contributed by atoms with van der Waals surface area (Å²) >= 11 is 0. The molecule has 17 heavy (non-hydrogen) atoms. The Bertz CT molecular complexity index is 198. The Morgan fingerprint density at radius 1 is 0.824 bits per heavy atom. The summed E-state index contributed by atoms with van der Waals surface area (Å²) < 4.78 is 0. The minimum atomic E-state index is 0. The summed E-state index contributed by atoms with van der Waals surface area (Å²) in [5.74, 6) is 0. The van der Waals surface area contributed by atoms with Gasteiger partial charge in [0.05, 0.1) is 0 Å². The van der Waals surface area contributed by atoms with Crippen LogP contribution in [0.2, 0.25) is 0 Å². The second kappa shape index (κ2) is 18.0. The van der Waals surface area contributed by atoms with Gasteiger partial charge in [0, 0.05) is 20.1 Å². The zero-order valence-corrected chi connectivity index (χ0v) is 13.4. The molecule has 0 amide bonds. The Hall–Kier alpha value is -0.391. The minimum absolute atomic E-state index is 0. The molecule has 1 heteroatoms. The van der Waals surface area contributed by atoms with Gasteiger partial charge in [0.15, 0.2) is 0 Å². The zero-order chi connectivity index (χ0) is 11.9. The van der Waals surface area contributed by atoms with E-state index in [0.717, 1.165) is 6.42 Å². The quantitative estimate of drug-likeness (QED) is 0.381. The van der Waals surface area contributed by atoms with Crippen LogP contribution in [0.5, 0.6) is 0 Å². The topological polar surface area (TPSA) is 0 Å². The molecule has 1 radical (unpaired) electrons. The van der Waals surface area contributed by atoms with E-state index in [1.165, 1.54) is 25.7 Å². The summed E-state index contributed by atoms with van der Waals surface area (Å²) in [7, 11) is 0. The SMILES string of the molecule is C1=CCC/C=C\CC1.C[CH-]C.[C-]1=CC=CC1.[Ir]. The summed E-state index contributed by atoms with van der Waals surface area (Å²) in [5, 5.41) is 0. The zero-order valence-electron chi connectivity index (χ0n) is 11.0. The maximum Gasteiger partial charge on any atom is 0 e. The smallest absolute Gasteiger partial charge is 0 e. The van der Waals surface area contributed by atoms with Gasteiger partial charge < -0.3 is 6.42 Å². The van der Waals surface area contributed by atoms with Crippen LogP contribution in [-0.4, -0.2) is 0 Å². The molecule has 0 nitrogen and oxygen atoms in total. The first-order chi connectivity index (χ1) is 7.91. The van der Waals surface area contributed by atoms with E-state index in [1.54, 1.807) is 0 Å². The molecule has 2 rings (SSSR count). The van der Waals surface area contributed by atoms with E-state index in [0.29, 0.717) is 0 Å². The van der Waals surface area contributed by atoms with E-state index in [1.807, 2.05) is 32.4 Å². The van der Waals surface area contributed by atoms with Crippen molar-refractivity contribution in [3.05, 3.63) is 55.0 Å². The number of rotatable bonds is 0. The van der Waals surface area contributed by atoms with Crippen LogP contribution in [-0.2, 0) is 20.1 Å². The van der Waals surface area contributed by atoms with Crippen molar-refractivity contribution in [2.75, 3.05) is 0 Å². The van der Waals surface area contributed by atoms with Gasteiger partial charge in [-0.05, 0) is 25.7 Å². The van der Waals surface area contributed by atoms with E-state index in [4.69, 9.17) is 0 Å². The fraction of sp³-hybridized carbons (Fsp3) is 0.438. The van der Waals surface area contributed by atoms with Gasteiger partial charge in [-0.15, -0.1) is 6.42 Å². The number of allylic oxidation sites excluding steroid dienone is 8. The van der Waals surface area contributed by atoms with Gasteiger partial charge in [0.25, 0.3) is 0 Å². The van der Waals surface area contributed by atoms with E-state index in [9.17, 15) is 0 Å². The van der Waals surface area contributed by atoms with Crippen LogP contribution in [0.4, 0.5) is 0 Å². The maximum atomic E-state index is 2.99. The molecule has 2 aliphatic rings. The molecule has 0 aliphatic heterocycles. The monoisotopic (exact) mass is 409 g/mol. The van der Waals surface area contributed by atoms with Crippen molar-refractivity contribution in [3.8, 4) is 0 Å². The van der Waals surface area contributed by atoms with Crippen LogP contribution < -0.4 is 0 Å². The molecule has 99 valence electrons. The molecule has 0 atom stereocenters. The van der Waals surface area contributed by atoms with Crippen LogP contribution in [0.3, 0.4) is 0 Å². The van der Waals surface area contributed by atoms with Gasteiger partial charge >= 0.3 is 0 Å². The van der Waals surface area contributed by atoms with Crippen molar-refractivity contribution < 1.29 is 20.1 Å². The Morgan fingerprint density at radius 2 is 1.24 bits per heavy atom. The summed E-state index contributed by atoms with van der Waals surface area (Å²) in [6, 6.07) is 0. The second-order valence-electron chi connectivity index (χ2n) is 3.68. The van der Waals surface area contributed by atoms with Crippen molar-refractivity contribution in [1.29, 1.82) is 0 Å². The molecule has 0 saturated carbocycles. The second-order valence-corrected chi connectivity index (χ2v) is 3.68. The predicted molar refractivity (Wildman–Crippen MR) is 74.0 cm³/mol. The van der Waals surface area contributed by atoms with E-state index < -0.39 is 0 Å². The van der Waals surface area contributed by atoms with E-state index >= 15 is 0 Å². The van der Waals surface area contributed by atoms with Crippen molar-refractivity contribution in [2.24, 2.45) is 0 Å². The molecular formula is C16H24Ir-2. The fourth-order valence-electron chi connectivity index (χ4n) is 1.20. The van der Waals surface area contributed by atoms with Crippen molar-refractivity contribution >= 4 is 0 Å². The van der Waals surface area contributed by atoms with Gasteiger partial charge in [0.1, 0.15) is 0 Å². The van der Waals surface area contributed by atoms with Gasteiger partial charge in [-0.25, -0.2) is 12.2 Å². The molecule has 0 aromatic rings. The normalized spacial score (nSPS) is 17.5. The average Bonchev–Trinajstić information content (AvgIpc) is 2.74. The Morgan fingerprint density at radius 3 is 1.41 bits per heavy atom. The molecule has 0 fully saturated rings. The van der Waals surface area contributed by atoms with E-state index in [2.05, 4.69) is 36.5 Å². The molecule has 0 unspecified atom stereocenters. The van der Waals surface area contributed by atoms with Crippen molar-refractivity contribution in [2.45, 2.75) is 46.0 Å². The van der Waals surface area contributed by atoms with Gasteiger partial charge in [-0.2, -0.15) is 19.9 Å². The number of hydrogen-bond donors (Lipinski definition) is 0. The maximum absolute atomic E-state index is 2.99. The average molecular weight is 409 g/mol. The van der Waals surface area contributed by atoms with Crippen LogP contribution >= 0.6 is 0 Å². The van der Waals surface area contributed by atoms with Crippen molar-refractivity contribution in [3.63, 3.8) is 0 Å². The van der Waals surface area contributed by atoms with Crippen LogP contribution in [0.25, 0.3) is 0 Å². The van der Waals surface area contributed by atoms with Gasteiger partial charge in [0.2, 0.25) is 0 Å². The molecular weight excluding hydrogens is 384 g/mol. The fourth-order valence-corrected chi connectivity index (χ4v) is 1.20. The van der Waals surface area contributed by atoms with Gasteiger partial charge in [-0.1, -0.05) is 24.3 Å². The Labute approximate surface area is 121 Å². The third kappa shape index (κ3) is 18.2. The largest absolute Gasteiger partial charge is 0.335 e. The van der Waals surface area contributed by atoms with Crippen molar-refractivity contribution in [1.82, 2.24) is 0 Å². The standard InChI is InChI=1S/C8H12.C5H5.C3H7.Ir/c1-2-4-6-8-7-5-3-1;1-2-4-5-3-1;1-3-2;/h1-2,7-8H,3-6H2;1-3H,4H2;3H,1-2H3;/q;2*-1;/b2-1-,8-7?;;;. The summed E-state index contributed by atoms with van der Waals surface area (Å²) in [4.78, 5) is 0. The van der Waals surface area contributed by atoms with Crippen LogP contribution in [0.15, 0.2) is 42.5 Å². The van der Waals surface area contributed by atoms with Crippen LogP contribution in [0, 0.1) is 12.5 Å². The molecule has 0 N–H and O–H groups in total. The molecule has 2 aliphatic carbocycles. The first kappa shape index (κ1) is 19.0. The van der Waals surface area contributed by atoms with E-state index in [-0.39, 0.29) is 20.1 Å². The molecule has 0 aromatic heterocycles. The number of hydrogen-bond acceptors (Lipinski definition) is 0. The van der Waals surface area contributed by atoms with Crippen LogP contribution in [0.1, 0.15) is 46.0 Å². The molecule has 0 heterocycles. The predicted octanol–water partition coefficient (Wildman–Crippen LogP) is 5.21. The minimum Gasteiger partial charge on any atom is -0.335 e. The third-order valence-electron chi connectivity index (χ3n) is 1.92. The summed E-state index contributed by atoms with van der Waals surface area (Å²) in [6.07, 6.45) is 26.0.